The summed E-state index contributed by atoms with van der Waals surface area (Å²) in [6.07, 6.45) is 4.70. The van der Waals surface area contributed by atoms with Gasteiger partial charge in [-0.2, -0.15) is 0 Å². The Morgan fingerprint density at radius 3 is 1.92 bits per heavy atom. The number of aryl methyl sites for hydroxylation is 2. The molecule has 0 unspecified atom stereocenters. The highest BCUT2D eigenvalue weighted by Crippen LogP contribution is 2.37. The number of fused-ring (bicyclic) bond motifs is 2. The largest absolute Gasteiger partial charge is 0.0683 e. The molecule has 0 N–H and O–H groups in total. The maximum absolute atomic E-state index is 2.42. The molecule has 3 aromatic carbocycles. The molecule has 1 aliphatic carbocycles. The summed E-state index contributed by atoms with van der Waals surface area (Å²) in [7, 11) is 0. The Hall–Kier alpha value is -2.34. The van der Waals surface area contributed by atoms with Crippen molar-refractivity contribution in [1.82, 2.24) is 0 Å². The molecular formula is C24H26. The monoisotopic (exact) mass is 314 g/mol. The Kier molecular flexibility index (Phi) is 4.85. The minimum absolute atomic E-state index is 1.13. The first-order chi connectivity index (χ1) is 11.8. The molecule has 0 nitrogen and oxygen atoms in total. The van der Waals surface area contributed by atoms with Crippen LogP contribution in [0.1, 0.15) is 48.1 Å². The molecule has 0 saturated carbocycles. The van der Waals surface area contributed by atoms with E-state index in [-0.39, 0.29) is 0 Å². The number of hydrogen-bond acceptors (Lipinski definition) is 0. The summed E-state index contributed by atoms with van der Waals surface area (Å²) in [5, 5.41) is 2.81. The predicted molar refractivity (Wildman–Crippen MR) is 107 cm³/mol. The van der Waals surface area contributed by atoms with E-state index in [1.165, 1.54) is 44.2 Å². The number of rotatable bonds is 1. The third-order valence-electron chi connectivity index (χ3n) is 5.02. The molecule has 0 heterocycles. The first-order valence-electron chi connectivity index (χ1n) is 9.02. The topological polar surface area (TPSA) is 0 Å². The summed E-state index contributed by atoms with van der Waals surface area (Å²) in [6, 6.07) is 19.6. The molecule has 4 rings (SSSR count). The van der Waals surface area contributed by atoms with Gasteiger partial charge in [0.1, 0.15) is 0 Å². The van der Waals surface area contributed by atoms with E-state index in [1.807, 2.05) is 13.8 Å². The van der Waals surface area contributed by atoms with E-state index in [0.717, 1.165) is 12.8 Å². The number of allylic oxidation sites excluding steroid dienone is 1. The van der Waals surface area contributed by atoms with E-state index in [9.17, 15) is 0 Å². The standard InChI is InChI=1S/C22H20.C2H6/c1-15-19-10-6-7-11-20(19)16(2)22-14-18(12-13-21(15)22)17-8-4-3-5-9-17;1-2/h3-11,14H,12-13H2,1-2H3;1-2H3. The van der Waals surface area contributed by atoms with Crippen molar-refractivity contribution in [2.45, 2.75) is 40.5 Å². The molecule has 1 aliphatic rings. The van der Waals surface area contributed by atoms with E-state index in [0.29, 0.717) is 0 Å². The molecule has 0 heteroatoms. The fourth-order valence-corrected chi connectivity index (χ4v) is 3.78. The molecule has 24 heavy (non-hydrogen) atoms. The van der Waals surface area contributed by atoms with Crippen molar-refractivity contribution in [1.29, 1.82) is 0 Å². The molecule has 0 amide bonds. The summed E-state index contributed by atoms with van der Waals surface area (Å²) < 4.78 is 0. The van der Waals surface area contributed by atoms with Crippen LogP contribution in [0, 0.1) is 13.8 Å². The zero-order chi connectivity index (χ0) is 17.1. The highest BCUT2D eigenvalue weighted by Gasteiger charge is 2.18. The quantitative estimate of drug-likeness (QED) is 0.455. The Bertz CT molecular complexity index is 883. The van der Waals surface area contributed by atoms with Gasteiger partial charge in [0.15, 0.2) is 0 Å². The van der Waals surface area contributed by atoms with Gasteiger partial charge in [0.2, 0.25) is 0 Å². The third kappa shape index (κ3) is 2.78. The predicted octanol–water partition coefficient (Wildman–Crippen LogP) is 6.97. The van der Waals surface area contributed by atoms with Crippen molar-refractivity contribution < 1.29 is 0 Å². The van der Waals surface area contributed by atoms with Crippen LogP contribution in [-0.2, 0) is 6.42 Å². The molecule has 0 saturated heterocycles. The molecule has 0 fully saturated rings. The van der Waals surface area contributed by atoms with Crippen LogP contribution in [0.2, 0.25) is 0 Å². The van der Waals surface area contributed by atoms with E-state index in [1.54, 1.807) is 0 Å². The van der Waals surface area contributed by atoms with Gasteiger partial charge < -0.3 is 0 Å². The van der Waals surface area contributed by atoms with E-state index >= 15 is 0 Å². The minimum Gasteiger partial charge on any atom is -0.0683 e. The minimum atomic E-state index is 1.13. The van der Waals surface area contributed by atoms with Crippen LogP contribution < -0.4 is 0 Å². The van der Waals surface area contributed by atoms with Crippen LogP contribution >= 0.6 is 0 Å². The van der Waals surface area contributed by atoms with Crippen molar-refractivity contribution >= 4 is 22.4 Å². The van der Waals surface area contributed by atoms with Gasteiger partial charge in [-0.15, -0.1) is 0 Å². The smallest absolute Gasteiger partial charge is 0.0146 e. The van der Waals surface area contributed by atoms with Gasteiger partial charge in [-0.1, -0.05) is 74.5 Å². The zero-order valence-electron chi connectivity index (χ0n) is 15.2. The van der Waals surface area contributed by atoms with Gasteiger partial charge in [-0.25, -0.2) is 0 Å². The van der Waals surface area contributed by atoms with Gasteiger partial charge in [0, 0.05) is 0 Å². The summed E-state index contributed by atoms with van der Waals surface area (Å²) in [5.41, 5.74) is 8.69. The lowest BCUT2D eigenvalue weighted by atomic mass is 9.82. The second kappa shape index (κ2) is 7.05. The van der Waals surface area contributed by atoms with Gasteiger partial charge in [0.05, 0.1) is 0 Å². The molecule has 0 atom stereocenters. The van der Waals surface area contributed by atoms with Crippen LogP contribution in [0.3, 0.4) is 0 Å². The van der Waals surface area contributed by atoms with E-state index in [4.69, 9.17) is 0 Å². The van der Waals surface area contributed by atoms with Gasteiger partial charge in [-0.3, -0.25) is 0 Å². The normalized spacial score (nSPS) is 12.9. The molecule has 0 radical (unpaired) electrons. The van der Waals surface area contributed by atoms with Crippen molar-refractivity contribution in [3.63, 3.8) is 0 Å². The van der Waals surface area contributed by atoms with Crippen LogP contribution in [0.5, 0.6) is 0 Å². The SMILES string of the molecule is CC.Cc1c2c(c(C)c3ccccc13)CCC(c1ccccc1)=C2. The van der Waals surface area contributed by atoms with Crippen LogP contribution in [-0.4, -0.2) is 0 Å². The second-order valence-electron chi connectivity index (χ2n) is 6.22. The molecule has 0 aromatic heterocycles. The Morgan fingerprint density at radius 2 is 1.25 bits per heavy atom. The highest BCUT2D eigenvalue weighted by molar-refractivity contribution is 5.96. The average molecular weight is 314 g/mol. The fraction of sp³-hybridized carbons (Fsp3) is 0.250. The maximum Gasteiger partial charge on any atom is -0.0146 e. The average Bonchev–Trinajstić information content (AvgIpc) is 2.68. The van der Waals surface area contributed by atoms with Crippen molar-refractivity contribution in [3.05, 3.63) is 82.4 Å². The Balaban J connectivity index is 0.000000815. The molecular weight excluding hydrogens is 288 g/mol. The molecule has 0 spiro atoms. The fourth-order valence-electron chi connectivity index (χ4n) is 3.78. The molecule has 3 aromatic rings. The molecule has 122 valence electrons. The van der Waals surface area contributed by atoms with Gasteiger partial charge in [-0.05, 0) is 70.9 Å². The molecule has 0 aliphatic heterocycles. The number of hydrogen-bond donors (Lipinski definition) is 0. The van der Waals surface area contributed by atoms with Crippen LogP contribution in [0.25, 0.3) is 22.4 Å². The van der Waals surface area contributed by atoms with E-state index in [2.05, 4.69) is 74.5 Å². The first kappa shape index (κ1) is 16.5. The van der Waals surface area contributed by atoms with Crippen molar-refractivity contribution in [2.24, 2.45) is 0 Å². The van der Waals surface area contributed by atoms with Gasteiger partial charge in [0.25, 0.3) is 0 Å². The zero-order valence-corrected chi connectivity index (χ0v) is 15.2. The third-order valence-corrected chi connectivity index (χ3v) is 5.02. The summed E-state index contributed by atoms with van der Waals surface area (Å²) in [5.74, 6) is 0. The maximum atomic E-state index is 2.42. The lowest BCUT2D eigenvalue weighted by Crippen LogP contribution is -2.04. The van der Waals surface area contributed by atoms with Crippen LogP contribution in [0.4, 0.5) is 0 Å². The van der Waals surface area contributed by atoms with Crippen LogP contribution in [0.15, 0.2) is 54.6 Å². The highest BCUT2D eigenvalue weighted by atomic mass is 14.2. The Morgan fingerprint density at radius 1 is 0.667 bits per heavy atom. The summed E-state index contributed by atoms with van der Waals surface area (Å²) >= 11 is 0. The summed E-state index contributed by atoms with van der Waals surface area (Å²) in [4.78, 5) is 0. The molecule has 0 bridgehead atoms. The van der Waals surface area contributed by atoms with Crippen molar-refractivity contribution in [2.75, 3.05) is 0 Å². The van der Waals surface area contributed by atoms with Gasteiger partial charge >= 0.3 is 0 Å². The number of benzene rings is 3. The Labute approximate surface area is 145 Å². The van der Waals surface area contributed by atoms with Crippen molar-refractivity contribution in [3.8, 4) is 0 Å². The first-order valence-corrected chi connectivity index (χ1v) is 9.02. The lowest BCUT2D eigenvalue weighted by molar-refractivity contribution is 0.986. The summed E-state index contributed by atoms with van der Waals surface area (Å²) in [6.45, 7) is 8.55. The second-order valence-corrected chi connectivity index (χ2v) is 6.22. The lowest BCUT2D eigenvalue weighted by Gasteiger charge is -2.23. The van der Waals surface area contributed by atoms with E-state index < -0.39 is 0 Å².